The molecule has 1 N–H and O–H groups in total. The molecular formula is C17H22N2O4. The molecule has 1 fully saturated rings. The summed E-state index contributed by atoms with van der Waals surface area (Å²) in [5, 5.41) is 2.79. The molecule has 0 atom stereocenters. The standard InChI is InChI=1S/C17H22N2O4/c1-2-12-22-17(21)18-14-8-10-19(11-9-14)16(20)13-23-15-6-4-3-5-7-15/h2-7,14H,1,8-13H2,(H,18,21). The summed E-state index contributed by atoms with van der Waals surface area (Å²) in [6.07, 6.45) is 2.50. The highest BCUT2D eigenvalue weighted by atomic mass is 16.5. The van der Waals surface area contributed by atoms with Crippen LogP contribution >= 0.6 is 0 Å². The van der Waals surface area contributed by atoms with E-state index in [0.29, 0.717) is 31.7 Å². The predicted molar refractivity (Wildman–Crippen MR) is 86.2 cm³/mol. The van der Waals surface area contributed by atoms with Crippen molar-refractivity contribution in [1.29, 1.82) is 0 Å². The second-order valence-electron chi connectivity index (χ2n) is 5.29. The van der Waals surface area contributed by atoms with E-state index >= 15 is 0 Å². The Labute approximate surface area is 136 Å². The van der Waals surface area contributed by atoms with Gasteiger partial charge >= 0.3 is 6.09 Å². The normalized spacial score (nSPS) is 14.9. The molecule has 0 aromatic heterocycles. The van der Waals surface area contributed by atoms with E-state index < -0.39 is 6.09 Å². The highest BCUT2D eigenvalue weighted by Crippen LogP contribution is 2.12. The first-order chi connectivity index (χ1) is 11.2. The van der Waals surface area contributed by atoms with Gasteiger partial charge in [-0.25, -0.2) is 4.79 Å². The number of piperidine rings is 1. The monoisotopic (exact) mass is 318 g/mol. The fraction of sp³-hybridized carbons (Fsp3) is 0.412. The van der Waals surface area contributed by atoms with Crippen molar-refractivity contribution in [3.05, 3.63) is 43.0 Å². The summed E-state index contributed by atoms with van der Waals surface area (Å²) in [6, 6.07) is 9.29. The molecule has 0 saturated carbocycles. The lowest BCUT2D eigenvalue weighted by Gasteiger charge is -2.32. The van der Waals surface area contributed by atoms with E-state index in [2.05, 4.69) is 11.9 Å². The van der Waals surface area contributed by atoms with Crippen LogP contribution in [-0.4, -0.2) is 49.2 Å². The molecule has 1 aromatic carbocycles. The van der Waals surface area contributed by atoms with Crippen molar-refractivity contribution in [2.75, 3.05) is 26.3 Å². The summed E-state index contributed by atoms with van der Waals surface area (Å²) in [7, 11) is 0. The molecule has 23 heavy (non-hydrogen) atoms. The quantitative estimate of drug-likeness (QED) is 0.814. The molecule has 2 rings (SSSR count). The zero-order chi connectivity index (χ0) is 16.5. The number of ether oxygens (including phenoxy) is 2. The molecule has 0 radical (unpaired) electrons. The minimum atomic E-state index is -0.443. The zero-order valence-electron chi connectivity index (χ0n) is 13.1. The van der Waals surface area contributed by atoms with Gasteiger partial charge in [-0.1, -0.05) is 30.9 Å². The van der Waals surface area contributed by atoms with Crippen LogP contribution in [0.3, 0.4) is 0 Å². The van der Waals surface area contributed by atoms with Gasteiger partial charge in [0, 0.05) is 19.1 Å². The summed E-state index contributed by atoms with van der Waals surface area (Å²) < 4.78 is 10.4. The van der Waals surface area contributed by atoms with Crippen molar-refractivity contribution in [3.63, 3.8) is 0 Å². The molecule has 1 saturated heterocycles. The molecule has 124 valence electrons. The van der Waals surface area contributed by atoms with Crippen LogP contribution in [0.4, 0.5) is 4.79 Å². The van der Waals surface area contributed by atoms with Gasteiger partial charge in [0.2, 0.25) is 0 Å². The first kappa shape index (κ1) is 16.9. The van der Waals surface area contributed by atoms with E-state index in [9.17, 15) is 9.59 Å². The number of hydrogen-bond acceptors (Lipinski definition) is 4. The number of para-hydroxylation sites is 1. The molecule has 0 aliphatic carbocycles. The zero-order valence-corrected chi connectivity index (χ0v) is 13.1. The van der Waals surface area contributed by atoms with E-state index in [-0.39, 0.29) is 25.2 Å². The Kier molecular flexibility index (Phi) is 6.47. The van der Waals surface area contributed by atoms with Crippen LogP contribution in [0.15, 0.2) is 43.0 Å². The Morgan fingerprint density at radius 3 is 2.61 bits per heavy atom. The van der Waals surface area contributed by atoms with E-state index in [0.717, 1.165) is 0 Å². The highest BCUT2D eigenvalue weighted by Gasteiger charge is 2.24. The second kappa shape index (κ2) is 8.82. The maximum atomic E-state index is 12.1. The van der Waals surface area contributed by atoms with Crippen molar-refractivity contribution in [2.45, 2.75) is 18.9 Å². The molecule has 6 nitrogen and oxygen atoms in total. The van der Waals surface area contributed by atoms with Crippen molar-refractivity contribution >= 4 is 12.0 Å². The van der Waals surface area contributed by atoms with Gasteiger partial charge in [0.25, 0.3) is 5.91 Å². The predicted octanol–water partition coefficient (Wildman–Crippen LogP) is 1.97. The average molecular weight is 318 g/mol. The number of nitrogens with zero attached hydrogens (tertiary/aromatic N) is 1. The molecule has 0 spiro atoms. The second-order valence-corrected chi connectivity index (χ2v) is 5.29. The SMILES string of the molecule is C=CCOC(=O)NC1CCN(C(=O)COc2ccccc2)CC1. The smallest absolute Gasteiger partial charge is 0.407 e. The Balaban J connectivity index is 1.68. The van der Waals surface area contributed by atoms with Crippen molar-refractivity contribution in [1.82, 2.24) is 10.2 Å². The number of rotatable bonds is 6. The van der Waals surface area contributed by atoms with Gasteiger partial charge in [-0.05, 0) is 25.0 Å². The van der Waals surface area contributed by atoms with Crippen LogP contribution in [0.25, 0.3) is 0 Å². The lowest BCUT2D eigenvalue weighted by Crippen LogP contribution is -2.47. The molecule has 1 aromatic rings. The van der Waals surface area contributed by atoms with Crippen LogP contribution < -0.4 is 10.1 Å². The Morgan fingerprint density at radius 1 is 1.26 bits per heavy atom. The van der Waals surface area contributed by atoms with Gasteiger partial charge in [-0.15, -0.1) is 0 Å². The minimum Gasteiger partial charge on any atom is -0.484 e. The third kappa shape index (κ3) is 5.65. The summed E-state index contributed by atoms with van der Waals surface area (Å²) in [5.74, 6) is 0.643. The number of alkyl carbamates (subject to hydrolysis) is 1. The molecule has 1 heterocycles. The topological polar surface area (TPSA) is 67.9 Å². The first-order valence-electron chi connectivity index (χ1n) is 7.69. The molecule has 0 bridgehead atoms. The maximum absolute atomic E-state index is 12.1. The van der Waals surface area contributed by atoms with Gasteiger partial charge in [0.05, 0.1) is 0 Å². The lowest BCUT2D eigenvalue weighted by atomic mass is 10.1. The number of benzene rings is 1. The Bertz CT molecular complexity index is 525. The number of carbonyl (C=O) groups is 2. The molecule has 6 heteroatoms. The van der Waals surface area contributed by atoms with Crippen molar-refractivity contribution in [3.8, 4) is 5.75 Å². The van der Waals surface area contributed by atoms with Gasteiger partial charge in [0.15, 0.2) is 6.61 Å². The van der Waals surface area contributed by atoms with Crippen LogP contribution in [0.2, 0.25) is 0 Å². The third-order valence-corrected chi connectivity index (χ3v) is 3.61. The number of nitrogens with one attached hydrogen (secondary N) is 1. The number of hydrogen-bond donors (Lipinski definition) is 1. The molecule has 1 aliphatic heterocycles. The van der Waals surface area contributed by atoms with Crippen LogP contribution in [0.5, 0.6) is 5.75 Å². The lowest BCUT2D eigenvalue weighted by molar-refractivity contribution is -0.134. The summed E-state index contributed by atoms with van der Waals surface area (Å²) in [6.45, 7) is 4.91. The summed E-state index contributed by atoms with van der Waals surface area (Å²) >= 11 is 0. The van der Waals surface area contributed by atoms with Crippen LogP contribution in [0.1, 0.15) is 12.8 Å². The largest absolute Gasteiger partial charge is 0.484 e. The Morgan fingerprint density at radius 2 is 1.96 bits per heavy atom. The van der Waals surface area contributed by atoms with Crippen molar-refractivity contribution in [2.24, 2.45) is 0 Å². The number of likely N-dealkylation sites (tertiary alicyclic amines) is 1. The fourth-order valence-electron chi connectivity index (χ4n) is 2.37. The van der Waals surface area contributed by atoms with Crippen molar-refractivity contribution < 1.29 is 19.1 Å². The molecule has 0 unspecified atom stereocenters. The number of amides is 2. The fourth-order valence-corrected chi connectivity index (χ4v) is 2.37. The number of carbonyl (C=O) groups excluding carboxylic acids is 2. The maximum Gasteiger partial charge on any atom is 0.407 e. The minimum absolute atomic E-state index is 0.0312. The van der Waals surface area contributed by atoms with Crippen LogP contribution in [-0.2, 0) is 9.53 Å². The van der Waals surface area contributed by atoms with Gasteiger partial charge in [0.1, 0.15) is 12.4 Å². The molecule has 1 aliphatic rings. The third-order valence-electron chi connectivity index (χ3n) is 3.61. The summed E-state index contributed by atoms with van der Waals surface area (Å²) in [4.78, 5) is 25.3. The van der Waals surface area contributed by atoms with E-state index in [4.69, 9.17) is 9.47 Å². The molecule has 2 amide bonds. The van der Waals surface area contributed by atoms with Gasteiger partial charge in [-0.2, -0.15) is 0 Å². The highest BCUT2D eigenvalue weighted by molar-refractivity contribution is 5.78. The van der Waals surface area contributed by atoms with Gasteiger partial charge < -0.3 is 19.7 Å². The van der Waals surface area contributed by atoms with Crippen LogP contribution in [0, 0.1) is 0 Å². The summed E-state index contributed by atoms with van der Waals surface area (Å²) in [5.41, 5.74) is 0. The van der Waals surface area contributed by atoms with E-state index in [1.807, 2.05) is 30.3 Å². The average Bonchev–Trinajstić information content (AvgIpc) is 2.59. The molecular weight excluding hydrogens is 296 g/mol. The van der Waals surface area contributed by atoms with E-state index in [1.165, 1.54) is 6.08 Å². The van der Waals surface area contributed by atoms with Gasteiger partial charge in [-0.3, -0.25) is 4.79 Å². The van der Waals surface area contributed by atoms with E-state index in [1.54, 1.807) is 4.90 Å². The Hall–Kier alpha value is -2.50. The first-order valence-corrected chi connectivity index (χ1v) is 7.69.